The van der Waals surface area contributed by atoms with Crippen molar-refractivity contribution >= 4 is 22.8 Å². The van der Waals surface area contributed by atoms with E-state index in [0.29, 0.717) is 18.0 Å². The van der Waals surface area contributed by atoms with E-state index in [0.717, 1.165) is 35.1 Å². The third-order valence-corrected chi connectivity index (χ3v) is 5.79. The lowest BCUT2D eigenvalue weighted by Gasteiger charge is -2.47. The summed E-state index contributed by atoms with van der Waals surface area (Å²) in [6.07, 6.45) is 4.95. The smallest absolute Gasteiger partial charge is 0.186 e. The van der Waals surface area contributed by atoms with Crippen LogP contribution in [0.15, 0.2) is 0 Å². The van der Waals surface area contributed by atoms with Gasteiger partial charge < -0.3 is 4.90 Å². The van der Waals surface area contributed by atoms with E-state index in [1.165, 1.54) is 25.8 Å². The van der Waals surface area contributed by atoms with Crippen LogP contribution < -0.4 is 4.90 Å². The fraction of sp³-hybridized carbons (Fsp3) is 0.750. The Morgan fingerprint density at radius 1 is 1.33 bits per heavy atom. The number of aromatic nitrogens is 1. The molecule has 0 N–H and O–H groups in total. The van der Waals surface area contributed by atoms with E-state index in [-0.39, 0.29) is 0 Å². The van der Waals surface area contributed by atoms with Gasteiger partial charge in [0.25, 0.3) is 0 Å². The van der Waals surface area contributed by atoms with Gasteiger partial charge in [-0.15, -0.1) is 0 Å². The molecule has 3 heterocycles. The monoisotopic (exact) mass is 307 g/mol. The molecule has 2 saturated heterocycles. The Bertz CT molecular complexity index is 514. The summed E-state index contributed by atoms with van der Waals surface area (Å²) in [5.41, 5.74) is 0.961. The zero-order valence-electron chi connectivity index (χ0n) is 13.2. The first kappa shape index (κ1) is 15.0. The van der Waals surface area contributed by atoms with Gasteiger partial charge in [0, 0.05) is 25.2 Å². The molecule has 0 amide bonds. The lowest BCUT2D eigenvalue weighted by atomic mass is 9.97. The second-order valence-corrected chi connectivity index (χ2v) is 7.67. The fourth-order valence-electron chi connectivity index (χ4n) is 3.57. The number of fused-ring (bicyclic) bond motifs is 1. The standard InChI is InChI=1S/C16H25N3OS/c1-11(2)15-14(10-20)21-16(17-15)19-9-13-6-4-5-7-18(13)8-12(19)3/h10-13H,4-9H2,1-3H3. The summed E-state index contributed by atoms with van der Waals surface area (Å²) in [5, 5.41) is 1.04. The number of rotatable bonds is 3. The Kier molecular flexibility index (Phi) is 4.31. The minimum Gasteiger partial charge on any atom is -0.343 e. The highest BCUT2D eigenvalue weighted by Gasteiger charge is 2.34. The van der Waals surface area contributed by atoms with Gasteiger partial charge in [-0.1, -0.05) is 31.6 Å². The number of thiazole rings is 1. The predicted molar refractivity (Wildman–Crippen MR) is 87.6 cm³/mol. The fourth-order valence-corrected chi connectivity index (χ4v) is 4.72. The molecule has 2 fully saturated rings. The molecule has 3 rings (SSSR count). The van der Waals surface area contributed by atoms with E-state index in [1.807, 2.05) is 0 Å². The van der Waals surface area contributed by atoms with Crippen LogP contribution in [-0.4, -0.2) is 47.9 Å². The van der Waals surface area contributed by atoms with Crippen LogP contribution in [0.5, 0.6) is 0 Å². The van der Waals surface area contributed by atoms with Gasteiger partial charge >= 0.3 is 0 Å². The number of hydrogen-bond donors (Lipinski definition) is 0. The highest BCUT2D eigenvalue weighted by molar-refractivity contribution is 7.17. The van der Waals surface area contributed by atoms with Crippen molar-refractivity contribution in [2.75, 3.05) is 24.5 Å². The Hall–Kier alpha value is -0.940. The first-order valence-corrected chi connectivity index (χ1v) is 8.88. The molecule has 0 spiro atoms. The van der Waals surface area contributed by atoms with Crippen molar-refractivity contribution < 1.29 is 4.79 Å². The van der Waals surface area contributed by atoms with Crippen molar-refractivity contribution in [3.05, 3.63) is 10.6 Å². The molecule has 0 radical (unpaired) electrons. The van der Waals surface area contributed by atoms with E-state index >= 15 is 0 Å². The van der Waals surface area contributed by atoms with Gasteiger partial charge in [-0.2, -0.15) is 0 Å². The van der Waals surface area contributed by atoms with Crippen molar-refractivity contribution in [1.29, 1.82) is 0 Å². The van der Waals surface area contributed by atoms with E-state index in [2.05, 4.69) is 30.6 Å². The highest BCUT2D eigenvalue weighted by Crippen LogP contribution is 2.34. The van der Waals surface area contributed by atoms with Crippen LogP contribution in [0.25, 0.3) is 0 Å². The molecule has 0 aromatic carbocycles. The second kappa shape index (κ2) is 6.05. The average molecular weight is 307 g/mol. The van der Waals surface area contributed by atoms with Crippen molar-refractivity contribution in [2.24, 2.45) is 0 Å². The molecule has 2 aliphatic heterocycles. The first-order valence-electron chi connectivity index (χ1n) is 8.06. The van der Waals surface area contributed by atoms with Crippen LogP contribution in [0.4, 0.5) is 5.13 Å². The molecule has 4 nitrogen and oxygen atoms in total. The number of piperidine rings is 1. The average Bonchev–Trinajstić information content (AvgIpc) is 2.90. The number of hydrogen-bond acceptors (Lipinski definition) is 5. The third-order valence-electron chi connectivity index (χ3n) is 4.76. The molecule has 116 valence electrons. The lowest BCUT2D eigenvalue weighted by Crippen LogP contribution is -2.58. The predicted octanol–water partition coefficient (Wildman–Crippen LogP) is 3.14. The topological polar surface area (TPSA) is 36.4 Å². The van der Waals surface area contributed by atoms with Gasteiger partial charge in [0.15, 0.2) is 11.4 Å². The quantitative estimate of drug-likeness (QED) is 0.804. The molecule has 2 atom stereocenters. The molecular weight excluding hydrogens is 282 g/mol. The molecular formula is C16H25N3OS. The van der Waals surface area contributed by atoms with Crippen LogP contribution in [-0.2, 0) is 0 Å². The highest BCUT2D eigenvalue weighted by atomic mass is 32.1. The molecule has 1 aromatic heterocycles. The lowest BCUT2D eigenvalue weighted by molar-refractivity contribution is 0.112. The second-order valence-electron chi connectivity index (χ2n) is 6.66. The van der Waals surface area contributed by atoms with Gasteiger partial charge in [0.05, 0.1) is 10.6 Å². The summed E-state index contributed by atoms with van der Waals surface area (Å²) < 4.78 is 0. The van der Waals surface area contributed by atoms with Gasteiger partial charge in [0.2, 0.25) is 0 Å². The number of nitrogens with zero attached hydrogens (tertiary/aromatic N) is 3. The normalized spacial score (nSPS) is 27.0. The summed E-state index contributed by atoms with van der Waals surface area (Å²) in [6.45, 7) is 9.92. The molecule has 1 aromatic rings. The molecule has 2 aliphatic rings. The maximum absolute atomic E-state index is 11.3. The Morgan fingerprint density at radius 3 is 2.81 bits per heavy atom. The van der Waals surface area contributed by atoms with Crippen LogP contribution >= 0.6 is 11.3 Å². The number of carbonyl (C=O) groups is 1. The summed E-state index contributed by atoms with van der Waals surface area (Å²) >= 11 is 1.57. The van der Waals surface area contributed by atoms with Crippen LogP contribution in [0.3, 0.4) is 0 Å². The molecule has 2 unspecified atom stereocenters. The first-order chi connectivity index (χ1) is 10.1. The van der Waals surface area contributed by atoms with Gasteiger partial charge in [-0.25, -0.2) is 4.98 Å². The summed E-state index contributed by atoms with van der Waals surface area (Å²) in [4.78, 5) is 21.9. The molecule has 5 heteroatoms. The minimum atomic E-state index is 0.307. The van der Waals surface area contributed by atoms with Gasteiger partial charge in [-0.05, 0) is 32.2 Å². The summed E-state index contributed by atoms with van der Waals surface area (Å²) in [5.74, 6) is 0.307. The van der Waals surface area contributed by atoms with Crippen molar-refractivity contribution in [3.63, 3.8) is 0 Å². The van der Waals surface area contributed by atoms with Gasteiger partial charge in [-0.3, -0.25) is 9.69 Å². The summed E-state index contributed by atoms with van der Waals surface area (Å²) in [6, 6.07) is 1.14. The molecule has 0 saturated carbocycles. The summed E-state index contributed by atoms with van der Waals surface area (Å²) in [7, 11) is 0. The molecule has 0 bridgehead atoms. The van der Waals surface area contributed by atoms with E-state index in [9.17, 15) is 4.79 Å². The molecule has 0 aliphatic carbocycles. The zero-order chi connectivity index (χ0) is 15.0. The number of piperazine rings is 1. The van der Waals surface area contributed by atoms with E-state index in [1.54, 1.807) is 11.3 Å². The maximum atomic E-state index is 11.3. The SMILES string of the molecule is CC(C)c1nc(N2CC3CCCCN3CC2C)sc1C=O. The van der Waals surface area contributed by atoms with Crippen LogP contribution in [0, 0.1) is 0 Å². The minimum absolute atomic E-state index is 0.307. The Morgan fingerprint density at radius 2 is 2.14 bits per heavy atom. The van der Waals surface area contributed by atoms with Crippen LogP contribution in [0.1, 0.15) is 61.3 Å². The van der Waals surface area contributed by atoms with Crippen molar-refractivity contribution in [3.8, 4) is 0 Å². The number of carbonyl (C=O) groups excluding carboxylic acids is 1. The van der Waals surface area contributed by atoms with Gasteiger partial charge in [0.1, 0.15) is 0 Å². The van der Waals surface area contributed by atoms with E-state index < -0.39 is 0 Å². The van der Waals surface area contributed by atoms with Crippen molar-refractivity contribution in [2.45, 2.75) is 58.0 Å². The third kappa shape index (κ3) is 2.86. The Balaban J connectivity index is 1.84. The van der Waals surface area contributed by atoms with Crippen LogP contribution in [0.2, 0.25) is 0 Å². The number of anilines is 1. The number of aldehydes is 1. The van der Waals surface area contributed by atoms with Crippen molar-refractivity contribution in [1.82, 2.24) is 9.88 Å². The maximum Gasteiger partial charge on any atom is 0.186 e. The zero-order valence-corrected chi connectivity index (χ0v) is 14.0. The van der Waals surface area contributed by atoms with E-state index in [4.69, 9.17) is 4.98 Å². The molecule has 21 heavy (non-hydrogen) atoms. The Labute approximate surface area is 131 Å². The largest absolute Gasteiger partial charge is 0.343 e.